The second-order valence-electron chi connectivity index (χ2n) is 4.56. The fraction of sp³-hybridized carbons (Fsp3) is 0.500. The summed E-state index contributed by atoms with van der Waals surface area (Å²) in [4.78, 5) is 11.6. The maximum atomic E-state index is 12.9. The van der Waals surface area contributed by atoms with Crippen molar-refractivity contribution in [2.75, 3.05) is 11.9 Å². The Morgan fingerprint density at radius 2 is 2.28 bits per heavy atom. The summed E-state index contributed by atoms with van der Waals surface area (Å²) in [5, 5.41) is 3.84. The predicted octanol–water partition coefficient (Wildman–Crippen LogP) is 3.30. The first kappa shape index (κ1) is 15.2. The van der Waals surface area contributed by atoms with Gasteiger partial charge in [-0.1, -0.05) is 35.0 Å². The van der Waals surface area contributed by atoms with Crippen LogP contribution in [0.15, 0.2) is 24.3 Å². The molecule has 1 atom stereocenters. The average Bonchev–Trinajstić information content (AvgIpc) is 2.34. The van der Waals surface area contributed by atoms with Crippen LogP contribution in [0.5, 0.6) is 0 Å². The molecule has 1 aromatic carbocycles. The van der Waals surface area contributed by atoms with Crippen molar-refractivity contribution in [1.29, 1.82) is 0 Å². The molecule has 1 aromatic rings. The second kappa shape index (κ2) is 8.25. The van der Waals surface area contributed by atoms with E-state index in [1.54, 1.807) is 12.1 Å². The highest BCUT2D eigenvalue weighted by Crippen LogP contribution is 2.07. The van der Waals surface area contributed by atoms with Gasteiger partial charge in [0.1, 0.15) is 5.82 Å². The standard InChI is InChI=1S/C14H19BrFNO/c1-11(10-15)4-3-7-17-14(18)9-12-5-2-6-13(16)8-12/h2,5-6,8,11H,3-4,7,9-10H2,1H3,(H,17,18). The van der Waals surface area contributed by atoms with Crippen molar-refractivity contribution in [3.63, 3.8) is 0 Å². The Balaban J connectivity index is 2.22. The van der Waals surface area contributed by atoms with Crippen molar-refractivity contribution in [3.8, 4) is 0 Å². The Hall–Kier alpha value is -0.900. The molecule has 0 aliphatic carbocycles. The number of halogens is 2. The molecule has 0 aliphatic heterocycles. The molecule has 0 saturated heterocycles. The normalized spacial score (nSPS) is 12.2. The van der Waals surface area contributed by atoms with Crippen LogP contribution in [0.25, 0.3) is 0 Å². The van der Waals surface area contributed by atoms with Gasteiger partial charge in [-0.2, -0.15) is 0 Å². The van der Waals surface area contributed by atoms with Gasteiger partial charge in [-0.3, -0.25) is 4.79 Å². The van der Waals surface area contributed by atoms with E-state index in [1.165, 1.54) is 12.1 Å². The van der Waals surface area contributed by atoms with Gasteiger partial charge in [0.25, 0.3) is 0 Å². The topological polar surface area (TPSA) is 29.1 Å². The quantitative estimate of drug-likeness (QED) is 0.607. The van der Waals surface area contributed by atoms with Gasteiger partial charge in [0.15, 0.2) is 0 Å². The number of carbonyl (C=O) groups excluding carboxylic acids is 1. The molecule has 100 valence electrons. The third-order valence-corrected chi connectivity index (χ3v) is 3.82. The highest BCUT2D eigenvalue weighted by molar-refractivity contribution is 9.09. The van der Waals surface area contributed by atoms with E-state index in [0.29, 0.717) is 18.0 Å². The molecular weight excluding hydrogens is 297 g/mol. The first-order chi connectivity index (χ1) is 8.61. The summed E-state index contributed by atoms with van der Waals surface area (Å²) in [6.45, 7) is 2.86. The zero-order valence-corrected chi connectivity index (χ0v) is 12.2. The van der Waals surface area contributed by atoms with E-state index in [-0.39, 0.29) is 18.1 Å². The molecule has 0 heterocycles. The molecule has 1 unspecified atom stereocenters. The van der Waals surface area contributed by atoms with E-state index >= 15 is 0 Å². The maximum Gasteiger partial charge on any atom is 0.224 e. The molecule has 1 N–H and O–H groups in total. The lowest BCUT2D eigenvalue weighted by Gasteiger charge is -2.08. The fourth-order valence-corrected chi connectivity index (χ4v) is 1.97. The monoisotopic (exact) mass is 315 g/mol. The number of alkyl halides is 1. The van der Waals surface area contributed by atoms with Crippen molar-refractivity contribution < 1.29 is 9.18 Å². The van der Waals surface area contributed by atoms with Gasteiger partial charge in [0.2, 0.25) is 5.91 Å². The predicted molar refractivity (Wildman–Crippen MR) is 75.3 cm³/mol. The molecule has 0 aromatic heterocycles. The summed E-state index contributed by atoms with van der Waals surface area (Å²) < 4.78 is 12.9. The van der Waals surface area contributed by atoms with E-state index in [2.05, 4.69) is 28.2 Å². The van der Waals surface area contributed by atoms with E-state index in [9.17, 15) is 9.18 Å². The highest BCUT2D eigenvalue weighted by Gasteiger charge is 2.04. The number of carbonyl (C=O) groups is 1. The largest absolute Gasteiger partial charge is 0.356 e. The lowest BCUT2D eigenvalue weighted by atomic mass is 10.1. The average molecular weight is 316 g/mol. The molecule has 2 nitrogen and oxygen atoms in total. The fourth-order valence-electron chi connectivity index (χ4n) is 1.65. The first-order valence-corrected chi connectivity index (χ1v) is 7.31. The molecule has 18 heavy (non-hydrogen) atoms. The van der Waals surface area contributed by atoms with Gasteiger partial charge in [-0.05, 0) is 36.5 Å². The van der Waals surface area contributed by atoms with Gasteiger partial charge in [0.05, 0.1) is 6.42 Å². The van der Waals surface area contributed by atoms with Crippen molar-refractivity contribution in [1.82, 2.24) is 5.32 Å². The van der Waals surface area contributed by atoms with Gasteiger partial charge in [-0.25, -0.2) is 4.39 Å². The minimum absolute atomic E-state index is 0.0490. The van der Waals surface area contributed by atoms with E-state index in [1.807, 2.05) is 0 Å². The van der Waals surface area contributed by atoms with Crippen LogP contribution in [-0.2, 0) is 11.2 Å². The molecular formula is C14H19BrFNO. The number of rotatable bonds is 7. The number of hydrogen-bond acceptors (Lipinski definition) is 1. The molecule has 0 fully saturated rings. The van der Waals surface area contributed by atoms with Crippen LogP contribution in [0, 0.1) is 11.7 Å². The number of amides is 1. The minimum Gasteiger partial charge on any atom is -0.356 e. The molecule has 0 saturated carbocycles. The maximum absolute atomic E-state index is 12.9. The lowest BCUT2D eigenvalue weighted by molar-refractivity contribution is -0.120. The molecule has 4 heteroatoms. The zero-order valence-electron chi connectivity index (χ0n) is 10.6. The van der Waals surface area contributed by atoms with Crippen molar-refractivity contribution in [3.05, 3.63) is 35.6 Å². The number of hydrogen-bond donors (Lipinski definition) is 1. The Morgan fingerprint density at radius 1 is 1.50 bits per heavy atom. The molecule has 0 radical (unpaired) electrons. The Kier molecular flexibility index (Phi) is 6.94. The smallest absolute Gasteiger partial charge is 0.224 e. The second-order valence-corrected chi connectivity index (χ2v) is 5.21. The Bertz CT molecular complexity index is 384. The number of benzene rings is 1. The van der Waals surface area contributed by atoms with Crippen LogP contribution in [0.1, 0.15) is 25.3 Å². The summed E-state index contributed by atoms with van der Waals surface area (Å²) in [5.74, 6) is 0.281. The van der Waals surface area contributed by atoms with E-state index in [0.717, 1.165) is 18.2 Å². The molecule has 1 amide bonds. The molecule has 1 rings (SSSR count). The first-order valence-electron chi connectivity index (χ1n) is 6.19. The SMILES string of the molecule is CC(CBr)CCCNC(=O)Cc1cccc(F)c1. The van der Waals surface area contributed by atoms with Crippen LogP contribution < -0.4 is 5.32 Å². The van der Waals surface area contributed by atoms with Gasteiger partial charge in [0, 0.05) is 11.9 Å². The molecule has 0 aliphatic rings. The van der Waals surface area contributed by atoms with Gasteiger partial charge in [-0.15, -0.1) is 0 Å². The summed E-state index contributed by atoms with van der Waals surface area (Å²) in [5.41, 5.74) is 0.710. The highest BCUT2D eigenvalue weighted by atomic mass is 79.9. The third kappa shape index (κ3) is 6.15. The Morgan fingerprint density at radius 3 is 2.94 bits per heavy atom. The van der Waals surface area contributed by atoms with Crippen molar-refractivity contribution in [2.24, 2.45) is 5.92 Å². The lowest BCUT2D eigenvalue weighted by Crippen LogP contribution is -2.26. The summed E-state index contributed by atoms with van der Waals surface area (Å²) in [6.07, 6.45) is 2.30. The van der Waals surface area contributed by atoms with E-state index in [4.69, 9.17) is 0 Å². The van der Waals surface area contributed by atoms with Crippen molar-refractivity contribution >= 4 is 21.8 Å². The number of nitrogens with one attached hydrogen (secondary N) is 1. The van der Waals surface area contributed by atoms with Crippen LogP contribution in [-0.4, -0.2) is 17.8 Å². The summed E-state index contributed by atoms with van der Waals surface area (Å²) >= 11 is 3.42. The molecule has 0 spiro atoms. The van der Waals surface area contributed by atoms with E-state index < -0.39 is 0 Å². The Labute approximate surface area is 116 Å². The van der Waals surface area contributed by atoms with Crippen LogP contribution in [0.4, 0.5) is 4.39 Å². The van der Waals surface area contributed by atoms with Crippen LogP contribution in [0.2, 0.25) is 0 Å². The summed E-state index contributed by atoms with van der Waals surface area (Å²) in [7, 11) is 0. The third-order valence-electron chi connectivity index (χ3n) is 2.71. The zero-order chi connectivity index (χ0) is 13.4. The molecule has 0 bridgehead atoms. The minimum atomic E-state index is -0.300. The van der Waals surface area contributed by atoms with Crippen molar-refractivity contribution in [2.45, 2.75) is 26.2 Å². The summed E-state index contributed by atoms with van der Waals surface area (Å²) in [6, 6.07) is 6.15. The van der Waals surface area contributed by atoms with Crippen LogP contribution in [0.3, 0.4) is 0 Å². The van der Waals surface area contributed by atoms with Gasteiger partial charge >= 0.3 is 0 Å². The van der Waals surface area contributed by atoms with Gasteiger partial charge < -0.3 is 5.32 Å². The van der Waals surface area contributed by atoms with Crippen LogP contribution >= 0.6 is 15.9 Å².